The maximum atomic E-state index is 15.1. The Labute approximate surface area is 155 Å². The molecule has 2 aromatic rings. The third-order valence-electron chi connectivity index (χ3n) is 6.35. The Morgan fingerprint density at radius 1 is 1.41 bits per heavy atom. The zero-order valence-corrected chi connectivity index (χ0v) is 14.9. The zero-order valence-electron chi connectivity index (χ0n) is 14.9. The van der Waals surface area contributed by atoms with Gasteiger partial charge in [0.25, 0.3) is 0 Å². The minimum Gasteiger partial charge on any atom is -0.371 e. The van der Waals surface area contributed by atoms with Crippen LogP contribution in [0.5, 0.6) is 0 Å². The van der Waals surface area contributed by atoms with E-state index in [9.17, 15) is 10.1 Å². The molecule has 1 aromatic heterocycles. The number of ether oxygens (including phenoxy) is 1. The molecule has 3 fully saturated rings. The van der Waals surface area contributed by atoms with E-state index in [1.807, 2.05) is 9.47 Å². The number of pyridine rings is 1. The van der Waals surface area contributed by atoms with Gasteiger partial charge in [0.1, 0.15) is 23.1 Å². The highest BCUT2D eigenvalue weighted by Crippen LogP contribution is 2.44. The molecule has 3 heterocycles. The summed E-state index contributed by atoms with van der Waals surface area (Å²) in [7, 11) is 0. The van der Waals surface area contributed by atoms with Crippen LogP contribution >= 0.6 is 0 Å². The number of rotatable bonds is 3. The van der Waals surface area contributed by atoms with Gasteiger partial charge in [0.15, 0.2) is 5.43 Å². The Morgan fingerprint density at radius 3 is 2.89 bits per heavy atom. The first-order valence-electron chi connectivity index (χ1n) is 9.44. The van der Waals surface area contributed by atoms with E-state index in [1.54, 1.807) is 6.20 Å². The number of fused-ring (bicyclic) bond motifs is 2. The van der Waals surface area contributed by atoms with Gasteiger partial charge in [-0.05, 0) is 25.3 Å². The predicted molar refractivity (Wildman–Crippen MR) is 99.2 cm³/mol. The monoisotopic (exact) mass is 368 g/mol. The van der Waals surface area contributed by atoms with Crippen molar-refractivity contribution >= 4 is 16.6 Å². The van der Waals surface area contributed by atoms with Gasteiger partial charge < -0.3 is 19.9 Å². The molecule has 2 atom stereocenters. The maximum absolute atomic E-state index is 15.1. The molecule has 140 valence electrons. The Hall–Kier alpha value is -2.43. The lowest BCUT2D eigenvalue weighted by Gasteiger charge is -2.27. The van der Waals surface area contributed by atoms with Crippen LogP contribution in [0.2, 0.25) is 0 Å². The van der Waals surface area contributed by atoms with E-state index in [4.69, 9.17) is 10.5 Å². The largest absolute Gasteiger partial charge is 0.371 e. The molecule has 0 radical (unpaired) electrons. The van der Waals surface area contributed by atoms with Crippen LogP contribution in [0.1, 0.15) is 30.9 Å². The summed E-state index contributed by atoms with van der Waals surface area (Å²) in [6, 6.07) is 5.21. The van der Waals surface area contributed by atoms with Crippen LogP contribution < -0.4 is 16.1 Å². The Kier molecular flexibility index (Phi) is 3.58. The predicted octanol–water partition coefficient (Wildman–Crippen LogP) is 1.90. The third kappa shape index (κ3) is 2.33. The highest BCUT2D eigenvalue weighted by Gasteiger charge is 2.51. The van der Waals surface area contributed by atoms with Crippen LogP contribution in [0.4, 0.5) is 10.1 Å². The number of hydrogen-bond donors (Lipinski definition) is 1. The molecule has 0 unspecified atom stereocenters. The van der Waals surface area contributed by atoms with Gasteiger partial charge in [-0.15, -0.1) is 0 Å². The average Bonchev–Trinajstić information content (AvgIpc) is 3.33. The van der Waals surface area contributed by atoms with Crippen LogP contribution in [0.25, 0.3) is 10.9 Å². The van der Waals surface area contributed by atoms with Gasteiger partial charge in [-0.1, -0.05) is 0 Å². The van der Waals surface area contributed by atoms with Crippen molar-refractivity contribution in [3.05, 3.63) is 39.9 Å². The topological polar surface area (TPSA) is 84.3 Å². The number of hydrogen-bond acceptors (Lipinski definition) is 5. The summed E-state index contributed by atoms with van der Waals surface area (Å²) < 4.78 is 23.0. The third-order valence-corrected chi connectivity index (χ3v) is 6.35. The van der Waals surface area contributed by atoms with E-state index in [0.29, 0.717) is 31.8 Å². The fraction of sp³-hybridized carbons (Fsp3) is 0.500. The lowest BCUT2D eigenvalue weighted by atomic mass is 9.91. The molecule has 7 heteroatoms. The Balaban J connectivity index is 1.72. The molecule has 5 rings (SSSR count). The highest BCUT2D eigenvalue weighted by molar-refractivity contribution is 5.91. The number of nitriles is 1. The smallest absolute Gasteiger partial charge is 0.189 e. The van der Waals surface area contributed by atoms with Gasteiger partial charge >= 0.3 is 0 Å². The summed E-state index contributed by atoms with van der Waals surface area (Å²) in [6.07, 6.45) is 4.63. The van der Waals surface area contributed by atoms with Crippen molar-refractivity contribution in [3.8, 4) is 6.07 Å². The van der Waals surface area contributed by atoms with E-state index in [1.165, 1.54) is 12.1 Å². The number of anilines is 1. The number of benzene rings is 1. The Morgan fingerprint density at radius 2 is 2.22 bits per heavy atom. The molecular weight excluding hydrogens is 347 g/mol. The van der Waals surface area contributed by atoms with Crippen molar-refractivity contribution in [3.63, 3.8) is 0 Å². The first-order chi connectivity index (χ1) is 13.1. The van der Waals surface area contributed by atoms with E-state index in [-0.39, 0.29) is 34.0 Å². The average molecular weight is 368 g/mol. The second-order valence-electron chi connectivity index (χ2n) is 7.89. The molecular formula is C20H21FN4O2. The van der Waals surface area contributed by atoms with Crippen molar-refractivity contribution in [1.82, 2.24) is 4.57 Å². The molecule has 1 aromatic carbocycles. The van der Waals surface area contributed by atoms with Gasteiger partial charge in [-0.2, -0.15) is 5.26 Å². The number of nitrogens with zero attached hydrogens (tertiary/aromatic N) is 3. The molecule has 2 saturated heterocycles. The van der Waals surface area contributed by atoms with Gasteiger partial charge in [0.05, 0.1) is 16.6 Å². The van der Waals surface area contributed by atoms with Crippen molar-refractivity contribution in [1.29, 1.82) is 5.26 Å². The van der Waals surface area contributed by atoms with Crippen molar-refractivity contribution < 1.29 is 9.13 Å². The SMILES string of the molecule is N#Cc1c(N2C[C@H]3CCO[C@@]3(CN)C2)c(F)cc2c(=O)ccn(C3CC3)c12. The van der Waals surface area contributed by atoms with Gasteiger partial charge in [0, 0.05) is 50.5 Å². The van der Waals surface area contributed by atoms with Gasteiger partial charge in [-0.25, -0.2) is 4.39 Å². The summed E-state index contributed by atoms with van der Waals surface area (Å²) in [4.78, 5) is 14.2. The van der Waals surface area contributed by atoms with E-state index >= 15 is 4.39 Å². The van der Waals surface area contributed by atoms with Crippen LogP contribution in [0.3, 0.4) is 0 Å². The summed E-state index contributed by atoms with van der Waals surface area (Å²) >= 11 is 0. The van der Waals surface area contributed by atoms with Crippen molar-refractivity contribution in [2.45, 2.75) is 30.9 Å². The quantitative estimate of drug-likeness (QED) is 0.895. The van der Waals surface area contributed by atoms with Crippen molar-refractivity contribution in [2.75, 3.05) is 31.1 Å². The zero-order chi connectivity index (χ0) is 18.8. The molecule has 0 spiro atoms. The fourth-order valence-corrected chi connectivity index (χ4v) is 4.80. The molecule has 0 amide bonds. The van der Waals surface area contributed by atoms with E-state index in [0.717, 1.165) is 19.3 Å². The minimum absolute atomic E-state index is 0.227. The summed E-state index contributed by atoms with van der Waals surface area (Å²) in [5.74, 6) is -0.303. The normalized spacial score (nSPS) is 27.1. The van der Waals surface area contributed by atoms with Gasteiger partial charge in [-0.3, -0.25) is 4.79 Å². The molecule has 2 aliphatic heterocycles. The number of aromatic nitrogens is 1. The molecule has 3 aliphatic rings. The molecule has 6 nitrogen and oxygen atoms in total. The fourth-order valence-electron chi connectivity index (χ4n) is 4.80. The lowest BCUT2D eigenvalue weighted by molar-refractivity contribution is 0.0126. The summed E-state index contributed by atoms with van der Waals surface area (Å²) in [5.41, 5.74) is 6.31. The molecule has 1 saturated carbocycles. The van der Waals surface area contributed by atoms with Crippen LogP contribution in [0, 0.1) is 23.1 Å². The second-order valence-corrected chi connectivity index (χ2v) is 7.89. The highest BCUT2D eigenvalue weighted by atomic mass is 19.1. The molecule has 0 bridgehead atoms. The Bertz CT molecular complexity index is 1040. The molecule has 2 N–H and O–H groups in total. The van der Waals surface area contributed by atoms with Crippen LogP contribution in [-0.4, -0.2) is 36.4 Å². The summed E-state index contributed by atoms with van der Waals surface area (Å²) in [5, 5.41) is 10.2. The standard InChI is InChI=1S/C20H21FN4O2/c21-16-7-14-17(26)3-5-25(13-1-2-13)18(14)15(8-22)19(16)24-9-12-4-6-27-20(12,10-23)11-24/h3,5,7,12-13H,1-2,4,6,9-11,23H2/t12-,20+/m1/s1. The van der Waals surface area contributed by atoms with Crippen LogP contribution in [-0.2, 0) is 4.74 Å². The number of nitrogens with two attached hydrogens (primary N) is 1. The van der Waals surface area contributed by atoms with E-state index in [2.05, 4.69) is 6.07 Å². The maximum Gasteiger partial charge on any atom is 0.189 e. The number of halogens is 1. The molecule has 27 heavy (non-hydrogen) atoms. The van der Waals surface area contributed by atoms with Gasteiger partial charge in [0.2, 0.25) is 0 Å². The van der Waals surface area contributed by atoms with Crippen molar-refractivity contribution in [2.24, 2.45) is 11.7 Å². The summed E-state index contributed by atoms with van der Waals surface area (Å²) in [6.45, 7) is 2.11. The first-order valence-corrected chi connectivity index (χ1v) is 9.44. The van der Waals surface area contributed by atoms with E-state index < -0.39 is 11.4 Å². The van der Waals surface area contributed by atoms with Crippen LogP contribution in [0.15, 0.2) is 23.1 Å². The lowest BCUT2D eigenvalue weighted by Crippen LogP contribution is -2.44. The second kappa shape index (κ2) is 5.78. The first kappa shape index (κ1) is 16.7. The minimum atomic E-state index is -0.531. The molecule has 1 aliphatic carbocycles.